The zero-order chi connectivity index (χ0) is 11.5. The van der Waals surface area contributed by atoms with Gasteiger partial charge in [-0.25, -0.2) is 0 Å². The van der Waals surface area contributed by atoms with Crippen LogP contribution < -0.4 is 5.32 Å². The second-order valence-electron chi connectivity index (χ2n) is 3.17. The maximum Gasteiger partial charge on any atom is 0.214 e. The summed E-state index contributed by atoms with van der Waals surface area (Å²) in [7, 11) is 0. The number of hydrogen-bond donors (Lipinski definition) is 1. The van der Waals surface area contributed by atoms with Crippen molar-refractivity contribution < 1.29 is 4.79 Å². The average Bonchev–Trinajstić information content (AvgIpc) is 2.14. The van der Waals surface area contributed by atoms with E-state index in [1.54, 1.807) is 0 Å². The van der Waals surface area contributed by atoms with Crippen molar-refractivity contribution in [1.82, 2.24) is 5.32 Å². The zero-order valence-electron chi connectivity index (χ0n) is 8.01. The van der Waals surface area contributed by atoms with Gasteiger partial charge in [0.05, 0.1) is 0 Å². The first kappa shape index (κ1) is 12.6. The van der Waals surface area contributed by atoms with Crippen LogP contribution >= 0.6 is 34.8 Å². The summed E-state index contributed by atoms with van der Waals surface area (Å²) in [6.07, 6.45) is 0.520. The molecule has 0 aliphatic rings. The van der Waals surface area contributed by atoms with Gasteiger partial charge in [0.1, 0.15) is 6.04 Å². The van der Waals surface area contributed by atoms with E-state index in [9.17, 15) is 4.79 Å². The summed E-state index contributed by atoms with van der Waals surface area (Å²) in [6.45, 7) is 1.96. The number of hydrogen-bond acceptors (Lipinski definition) is 1. The molecule has 1 N–H and O–H groups in total. The highest BCUT2D eigenvalue weighted by molar-refractivity contribution is 6.68. The second-order valence-corrected chi connectivity index (χ2v) is 5.54. The van der Waals surface area contributed by atoms with Crippen molar-refractivity contribution in [1.29, 1.82) is 0 Å². The molecule has 0 spiro atoms. The Hall–Kier alpha value is -0.440. The van der Waals surface area contributed by atoms with Crippen molar-refractivity contribution in [2.24, 2.45) is 0 Å². The van der Waals surface area contributed by atoms with Gasteiger partial charge in [-0.2, -0.15) is 0 Å². The van der Waals surface area contributed by atoms with Gasteiger partial charge >= 0.3 is 0 Å². The predicted molar refractivity (Wildman–Crippen MR) is 63.4 cm³/mol. The smallest absolute Gasteiger partial charge is 0.214 e. The molecule has 0 saturated carbocycles. The molecule has 1 aromatic rings. The molecule has 15 heavy (non-hydrogen) atoms. The average molecular weight is 267 g/mol. The lowest BCUT2D eigenvalue weighted by atomic mass is 10.1. The number of amides is 1. The molecule has 2 nitrogen and oxygen atoms in total. The Bertz CT molecular complexity index is 332. The fraction of sp³-hybridized carbons (Fsp3) is 0.300. The number of nitrogens with one attached hydrogen (secondary N) is 1. The van der Waals surface area contributed by atoms with Gasteiger partial charge in [0.15, 0.2) is 0 Å². The number of rotatable bonds is 3. The lowest BCUT2D eigenvalue weighted by Gasteiger charge is -2.24. The van der Waals surface area contributed by atoms with E-state index in [0.29, 0.717) is 6.41 Å². The van der Waals surface area contributed by atoms with E-state index in [2.05, 4.69) is 5.32 Å². The lowest BCUT2D eigenvalue weighted by Crippen LogP contribution is -2.30. The molecule has 0 fully saturated rings. The fourth-order valence-corrected chi connectivity index (χ4v) is 1.77. The minimum Gasteiger partial charge on any atom is -0.348 e. The predicted octanol–water partition coefficient (Wildman–Crippen LogP) is 3.15. The van der Waals surface area contributed by atoms with Crippen LogP contribution in [0.2, 0.25) is 0 Å². The summed E-state index contributed by atoms with van der Waals surface area (Å²) < 4.78 is -1.56. The molecule has 0 bridgehead atoms. The van der Waals surface area contributed by atoms with Gasteiger partial charge in [0.2, 0.25) is 10.2 Å². The van der Waals surface area contributed by atoms with E-state index in [1.165, 1.54) is 0 Å². The minimum absolute atomic E-state index is 0.520. The summed E-state index contributed by atoms with van der Waals surface area (Å²) in [5.41, 5.74) is 1.86. The number of carbonyl (C=O) groups is 1. The molecule has 0 heterocycles. The fourth-order valence-electron chi connectivity index (χ4n) is 1.21. The third-order valence-corrected chi connectivity index (χ3v) is 2.63. The molecule has 0 aliphatic carbocycles. The van der Waals surface area contributed by atoms with Crippen LogP contribution in [0, 0.1) is 6.92 Å². The third kappa shape index (κ3) is 3.56. The number of halogens is 3. The summed E-state index contributed by atoms with van der Waals surface area (Å²) in [6, 6.07) is 6.79. The molecule has 1 amide bonds. The Balaban J connectivity index is 2.99. The van der Waals surface area contributed by atoms with Gasteiger partial charge in [0.25, 0.3) is 0 Å². The van der Waals surface area contributed by atoms with Crippen LogP contribution in [0.15, 0.2) is 24.3 Å². The van der Waals surface area contributed by atoms with Crippen LogP contribution in [0.4, 0.5) is 0 Å². The topological polar surface area (TPSA) is 29.1 Å². The van der Waals surface area contributed by atoms with E-state index in [-0.39, 0.29) is 0 Å². The first-order valence-corrected chi connectivity index (χ1v) is 5.41. The summed E-state index contributed by atoms with van der Waals surface area (Å²) >= 11 is 17.3. The van der Waals surface area contributed by atoms with Gasteiger partial charge in [-0.3, -0.25) is 4.79 Å². The molecular weight excluding hydrogens is 256 g/mol. The molecule has 0 aromatic heterocycles. The molecule has 0 saturated heterocycles. The van der Waals surface area contributed by atoms with Crippen LogP contribution in [-0.4, -0.2) is 10.2 Å². The Labute approximate surface area is 104 Å². The largest absolute Gasteiger partial charge is 0.348 e. The Morgan fingerprint density at radius 3 is 2.20 bits per heavy atom. The Kier molecular flexibility index (Phi) is 4.26. The summed E-state index contributed by atoms with van der Waals surface area (Å²) in [5, 5.41) is 2.48. The number of carbonyl (C=O) groups excluding carboxylic acids is 1. The van der Waals surface area contributed by atoms with E-state index in [4.69, 9.17) is 34.8 Å². The van der Waals surface area contributed by atoms with E-state index in [1.807, 2.05) is 31.2 Å². The maximum absolute atomic E-state index is 10.4. The molecule has 1 unspecified atom stereocenters. The highest BCUT2D eigenvalue weighted by Crippen LogP contribution is 2.39. The normalized spacial score (nSPS) is 13.3. The first-order valence-electron chi connectivity index (χ1n) is 4.28. The molecular formula is C10H10Cl3NO. The van der Waals surface area contributed by atoms with E-state index in [0.717, 1.165) is 11.1 Å². The van der Waals surface area contributed by atoms with Gasteiger partial charge in [-0.05, 0) is 12.5 Å². The van der Waals surface area contributed by atoms with E-state index >= 15 is 0 Å². The number of benzene rings is 1. The lowest BCUT2D eigenvalue weighted by molar-refractivity contribution is -0.110. The van der Waals surface area contributed by atoms with Gasteiger partial charge in [-0.1, -0.05) is 64.6 Å². The highest BCUT2D eigenvalue weighted by Gasteiger charge is 2.33. The Morgan fingerprint density at radius 1 is 1.27 bits per heavy atom. The summed E-state index contributed by atoms with van der Waals surface area (Å²) in [5.74, 6) is 0. The van der Waals surface area contributed by atoms with Crippen LogP contribution in [0.3, 0.4) is 0 Å². The van der Waals surface area contributed by atoms with Crippen LogP contribution in [0.1, 0.15) is 17.2 Å². The second kappa shape index (κ2) is 5.06. The third-order valence-electron chi connectivity index (χ3n) is 1.97. The summed E-state index contributed by atoms with van der Waals surface area (Å²) in [4.78, 5) is 10.4. The highest BCUT2D eigenvalue weighted by atomic mass is 35.6. The molecule has 0 aliphatic heterocycles. The van der Waals surface area contributed by atoms with Crippen LogP contribution in [0.25, 0.3) is 0 Å². The zero-order valence-corrected chi connectivity index (χ0v) is 10.3. The van der Waals surface area contributed by atoms with Crippen LogP contribution in [0.5, 0.6) is 0 Å². The van der Waals surface area contributed by atoms with Gasteiger partial charge in [0, 0.05) is 0 Å². The quantitative estimate of drug-likeness (QED) is 0.661. The van der Waals surface area contributed by atoms with Crippen LogP contribution in [-0.2, 0) is 4.79 Å². The van der Waals surface area contributed by atoms with Crippen molar-refractivity contribution in [3.8, 4) is 0 Å². The van der Waals surface area contributed by atoms with Gasteiger partial charge in [-0.15, -0.1) is 0 Å². The van der Waals surface area contributed by atoms with Crippen molar-refractivity contribution in [2.75, 3.05) is 0 Å². The molecule has 5 heteroatoms. The van der Waals surface area contributed by atoms with Crippen molar-refractivity contribution in [3.05, 3.63) is 35.4 Å². The molecule has 0 radical (unpaired) electrons. The van der Waals surface area contributed by atoms with Gasteiger partial charge < -0.3 is 5.32 Å². The monoisotopic (exact) mass is 265 g/mol. The van der Waals surface area contributed by atoms with Crippen molar-refractivity contribution in [3.63, 3.8) is 0 Å². The number of aryl methyl sites for hydroxylation is 1. The minimum atomic E-state index is -1.56. The van der Waals surface area contributed by atoms with Crippen molar-refractivity contribution in [2.45, 2.75) is 16.8 Å². The first-order chi connectivity index (χ1) is 6.95. The standard InChI is InChI=1S/C10H10Cl3NO/c1-7-2-4-8(5-3-7)9(14-6-15)10(11,12)13/h2-6,9H,1H3,(H,14,15). The molecule has 82 valence electrons. The number of alkyl halides is 3. The SMILES string of the molecule is Cc1ccc(C(NC=O)C(Cl)(Cl)Cl)cc1. The van der Waals surface area contributed by atoms with E-state index < -0.39 is 9.83 Å². The van der Waals surface area contributed by atoms with Crippen molar-refractivity contribution >= 4 is 41.2 Å². The maximum atomic E-state index is 10.4. The molecule has 1 atom stereocenters. The molecule has 1 rings (SSSR count). The Morgan fingerprint density at radius 2 is 1.80 bits per heavy atom. The molecule has 1 aromatic carbocycles.